The third-order valence-electron chi connectivity index (χ3n) is 3.27. The first-order valence-electron chi connectivity index (χ1n) is 6.23. The molecule has 1 aromatic carbocycles. The Bertz CT molecular complexity index is 403. The number of halogens is 1. The third-order valence-corrected chi connectivity index (χ3v) is 3.51. The van der Waals surface area contributed by atoms with E-state index in [1.807, 2.05) is 0 Å². The monoisotopic (exact) mass is 251 g/mol. The molecule has 0 fully saturated rings. The highest BCUT2D eigenvalue weighted by Gasteiger charge is 2.09. The molecular formula is C14H18ClNO. The zero-order chi connectivity index (χ0) is 12.1. The Morgan fingerprint density at radius 2 is 2.00 bits per heavy atom. The Kier molecular flexibility index (Phi) is 4.43. The SMILES string of the molecule is O=C(CCl)NCCc1ccc2c(c1)CCCC2. The maximum Gasteiger partial charge on any atom is 0.234 e. The zero-order valence-electron chi connectivity index (χ0n) is 9.97. The molecule has 0 spiro atoms. The Labute approximate surface area is 107 Å². The van der Waals surface area contributed by atoms with E-state index in [-0.39, 0.29) is 11.8 Å². The van der Waals surface area contributed by atoms with Crippen LogP contribution in [0.4, 0.5) is 0 Å². The van der Waals surface area contributed by atoms with Crippen LogP contribution in [-0.4, -0.2) is 18.3 Å². The predicted octanol–water partition coefficient (Wildman–Crippen LogP) is 2.46. The van der Waals surface area contributed by atoms with Gasteiger partial charge in [0.1, 0.15) is 5.88 Å². The average molecular weight is 252 g/mol. The first-order valence-corrected chi connectivity index (χ1v) is 6.76. The second-order valence-corrected chi connectivity index (χ2v) is 4.81. The summed E-state index contributed by atoms with van der Waals surface area (Å²) < 4.78 is 0. The molecule has 0 saturated carbocycles. The molecule has 0 aliphatic heterocycles. The number of carbonyl (C=O) groups is 1. The first kappa shape index (κ1) is 12.4. The molecular weight excluding hydrogens is 234 g/mol. The number of aryl methyl sites for hydroxylation is 2. The average Bonchev–Trinajstić information content (AvgIpc) is 2.38. The standard InChI is InChI=1S/C14H18ClNO/c15-10-14(17)16-8-7-11-5-6-12-3-1-2-4-13(12)9-11/h5-6,9H,1-4,7-8,10H2,(H,16,17). The summed E-state index contributed by atoms with van der Waals surface area (Å²) in [5.74, 6) is -0.0471. The Morgan fingerprint density at radius 3 is 2.76 bits per heavy atom. The van der Waals surface area contributed by atoms with Gasteiger partial charge in [0.25, 0.3) is 0 Å². The van der Waals surface area contributed by atoms with Crippen LogP contribution in [0.5, 0.6) is 0 Å². The maximum atomic E-state index is 11.0. The Morgan fingerprint density at radius 1 is 1.24 bits per heavy atom. The molecule has 0 bridgehead atoms. The lowest BCUT2D eigenvalue weighted by atomic mass is 9.90. The van der Waals surface area contributed by atoms with Gasteiger partial charge >= 0.3 is 0 Å². The van der Waals surface area contributed by atoms with Crippen molar-refractivity contribution in [3.8, 4) is 0 Å². The molecule has 0 radical (unpaired) electrons. The summed E-state index contributed by atoms with van der Waals surface area (Å²) in [5.41, 5.74) is 4.31. The summed E-state index contributed by atoms with van der Waals surface area (Å²) in [6.07, 6.45) is 5.93. The van der Waals surface area contributed by atoms with E-state index >= 15 is 0 Å². The Hall–Kier alpha value is -1.02. The van der Waals surface area contributed by atoms with Crippen LogP contribution in [0, 0.1) is 0 Å². The number of nitrogens with one attached hydrogen (secondary N) is 1. The van der Waals surface area contributed by atoms with Crippen molar-refractivity contribution in [2.75, 3.05) is 12.4 Å². The molecule has 17 heavy (non-hydrogen) atoms. The molecule has 0 atom stereocenters. The van der Waals surface area contributed by atoms with Gasteiger partial charge in [0, 0.05) is 6.54 Å². The van der Waals surface area contributed by atoms with Crippen LogP contribution >= 0.6 is 11.6 Å². The van der Waals surface area contributed by atoms with Gasteiger partial charge in [-0.15, -0.1) is 11.6 Å². The molecule has 1 N–H and O–H groups in total. The summed E-state index contributed by atoms with van der Waals surface area (Å²) in [7, 11) is 0. The van der Waals surface area contributed by atoms with E-state index in [9.17, 15) is 4.79 Å². The zero-order valence-corrected chi connectivity index (χ0v) is 10.7. The van der Waals surface area contributed by atoms with E-state index in [2.05, 4.69) is 23.5 Å². The van der Waals surface area contributed by atoms with Crippen LogP contribution in [0.2, 0.25) is 0 Å². The van der Waals surface area contributed by atoms with Crippen LogP contribution in [0.3, 0.4) is 0 Å². The summed E-state index contributed by atoms with van der Waals surface area (Å²) in [6, 6.07) is 6.71. The highest BCUT2D eigenvalue weighted by Crippen LogP contribution is 2.22. The van der Waals surface area contributed by atoms with Gasteiger partial charge < -0.3 is 5.32 Å². The number of carbonyl (C=O) groups excluding carboxylic acids is 1. The number of fused-ring (bicyclic) bond motifs is 1. The van der Waals surface area contributed by atoms with E-state index < -0.39 is 0 Å². The van der Waals surface area contributed by atoms with Gasteiger partial charge in [-0.3, -0.25) is 4.79 Å². The molecule has 0 unspecified atom stereocenters. The van der Waals surface area contributed by atoms with Crippen LogP contribution in [0.1, 0.15) is 29.5 Å². The molecule has 1 amide bonds. The fourth-order valence-electron chi connectivity index (χ4n) is 2.34. The summed E-state index contributed by atoms with van der Waals surface area (Å²) in [4.78, 5) is 11.0. The van der Waals surface area contributed by atoms with Crippen LogP contribution < -0.4 is 5.32 Å². The summed E-state index contributed by atoms with van der Waals surface area (Å²) >= 11 is 5.42. The van der Waals surface area contributed by atoms with E-state index in [0.717, 1.165) is 6.42 Å². The second kappa shape index (κ2) is 6.06. The van der Waals surface area contributed by atoms with Gasteiger partial charge in [0.2, 0.25) is 5.91 Å². The lowest BCUT2D eigenvalue weighted by Crippen LogP contribution is -2.26. The molecule has 1 aromatic rings. The molecule has 2 rings (SSSR count). The van der Waals surface area contributed by atoms with Gasteiger partial charge in [-0.2, -0.15) is 0 Å². The van der Waals surface area contributed by atoms with Crippen molar-refractivity contribution in [2.45, 2.75) is 32.1 Å². The largest absolute Gasteiger partial charge is 0.355 e. The van der Waals surface area contributed by atoms with Crippen LogP contribution in [-0.2, 0) is 24.1 Å². The second-order valence-electron chi connectivity index (χ2n) is 4.54. The fourth-order valence-corrected chi connectivity index (χ4v) is 2.43. The number of hydrogen-bond acceptors (Lipinski definition) is 1. The van der Waals surface area contributed by atoms with Crippen molar-refractivity contribution < 1.29 is 4.79 Å². The molecule has 2 nitrogen and oxygen atoms in total. The normalized spacial score (nSPS) is 14.2. The molecule has 92 valence electrons. The molecule has 3 heteroatoms. The number of alkyl halides is 1. The van der Waals surface area contributed by atoms with Gasteiger partial charge in [0.05, 0.1) is 0 Å². The lowest BCUT2D eigenvalue weighted by molar-refractivity contribution is -0.118. The van der Waals surface area contributed by atoms with Crippen molar-refractivity contribution in [1.29, 1.82) is 0 Å². The quantitative estimate of drug-likeness (QED) is 0.819. The van der Waals surface area contributed by atoms with Gasteiger partial charge in [0.15, 0.2) is 0 Å². The predicted molar refractivity (Wildman–Crippen MR) is 70.5 cm³/mol. The van der Waals surface area contributed by atoms with Gasteiger partial charge in [-0.25, -0.2) is 0 Å². The highest BCUT2D eigenvalue weighted by atomic mass is 35.5. The minimum atomic E-state index is -0.0929. The van der Waals surface area contributed by atoms with Crippen LogP contribution in [0.15, 0.2) is 18.2 Å². The highest BCUT2D eigenvalue weighted by molar-refractivity contribution is 6.27. The van der Waals surface area contributed by atoms with Crippen LogP contribution in [0.25, 0.3) is 0 Å². The molecule has 1 aliphatic carbocycles. The molecule has 0 aromatic heterocycles. The van der Waals surface area contributed by atoms with Gasteiger partial charge in [-0.1, -0.05) is 18.2 Å². The first-order chi connectivity index (χ1) is 8.29. The van der Waals surface area contributed by atoms with Gasteiger partial charge in [-0.05, 0) is 48.8 Å². The van der Waals surface area contributed by atoms with Crippen molar-refractivity contribution in [1.82, 2.24) is 5.32 Å². The number of rotatable bonds is 4. The minimum Gasteiger partial charge on any atom is -0.355 e. The third kappa shape index (κ3) is 3.47. The number of amides is 1. The fraction of sp³-hybridized carbons (Fsp3) is 0.500. The van der Waals surface area contributed by atoms with E-state index in [0.29, 0.717) is 6.54 Å². The number of benzene rings is 1. The minimum absolute atomic E-state index is 0.0458. The van der Waals surface area contributed by atoms with E-state index in [1.54, 1.807) is 0 Å². The molecule has 0 saturated heterocycles. The van der Waals surface area contributed by atoms with Crippen molar-refractivity contribution in [3.05, 3.63) is 34.9 Å². The Balaban J connectivity index is 1.91. The van der Waals surface area contributed by atoms with E-state index in [1.165, 1.54) is 42.4 Å². The topological polar surface area (TPSA) is 29.1 Å². The molecule has 0 heterocycles. The van der Waals surface area contributed by atoms with Crippen molar-refractivity contribution >= 4 is 17.5 Å². The molecule has 1 aliphatic rings. The van der Waals surface area contributed by atoms with E-state index in [4.69, 9.17) is 11.6 Å². The number of hydrogen-bond donors (Lipinski definition) is 1. The van der Waals surface area contributed by atoms with Crippen molar-refractivity contribution in [3.63, 3.8) is 0 Å². The smallest absolute Gasteiger partial charge is 0.234 e. The maximum absolute atomic E-state index is 11.0. The van der Waals surface area contributed by atoms with Crippen molar-refractivity contribution in [2.24, 2.45) is 0 Å². The lowest BCUT2D eigenvalue weighted by Gasteiger charge is -2.16. The summed E-state index contributed by atoms with van der Waals surface area (Å²) in [5, 5.41) is 2.79. The summed E-state index contributed by atoms with van der Waals surface area (Å²) in [6.45, 7) is 0.671.